The number of carbonyl (C=O) groups is 4. The topological polar surface area (TPSA) is 161 Å². The third kappa shape index (κ3) is 6.58. The van der Waals surface area contributed by atoms with Crippen molar-refractivity contribution in [2.45, 2.75) is 105 Å². The van der Waals surface area contributed by atoms with E-state index in [0.717, 1.165) is 68.1 Å². The van der Waals surface area contributed by atoms with Crippen LogP contribution < -0.4 is 10.6 Å². The largest absolute Gasteiger partial charge is 0.481 e. The van der Waals surface area contributed by atoms with Gasteiger partial charge in [-0.25, -0.2) is 0 Å². The summed E-state index contributed by atoms with van der Waals surface area (Å²) in [5.74, 6) is -1.93. The molecule has 1 aromatic rings. The van der Waals surface area contributed by atoms with E-state index in [0.29, 0.717) is 37.8 Å². The van der Waals surface area contributed by atoms with Crippen molar-refractivity contribution in [3.8, 4) is 0 Å². The first kappa shape index (κ1) is 31.7. The Hall–Kier alpha value is -4.21. The van der Waals surface area contributed by atoms with Gasteiger partial charge in [-0.2, -0.15) is 0 Å². The molecule has 4 rings (SSSR count). The van der Waals surface area contributed by atoms with E-state index in [9.17, 15) is 29.4 Å². The lowest BCUT2D eigenvalue weighted by molar-refractivity contribution is -0.138. The highest BCUT2D eigenvalue weighted by Gasteiger charge is 2.32. The second-order valence-electron chi connectivity index (χ2n) is 11.6. The van der Waals surface area contributed by atoms with Gasteiger partial charge < -0.3 is 25.8 Å². The third-order valence-electron chi connectivity index (χ3n) is 9.09. The Balaban J connectivity index is 1.74. The molecule has 43 heavy (non-hydrogen) atoms. The molecule has 3 aliphatic rings. The van der Waals surface area contributed by atoms with Crippen LogP contribution in [-0.2, 0) is 32.0 Å². The molecular weight excluding hydrogens is 548 g/mol. The number of aliphatic imine (C=N–C) groups is 1. The summed E-state index contributed by atoms with van der Waals surface area (Å²) in [7, 11) is 0. The zero-order valence-corrected chi connectivity index (χ0v) is 25.9. The lowest BCUT2D eigenvalue weighted by Gasteiger charge is -2.14. The predicted molar refractivity (Wildman–Crippen MR) is 165 cm³/mol. The molecule has 2 amide bonds. The van der Waals surface area contributed by atoms with E-state index in [4.69, 9.17) is 4.99 Å². The van der Waals surface area contributed by atoms with Crippen molar-refractivity contribution in [1.82, 2.24) is 15.6 Å². The average Bonchev–Trinajstić information content (AvgIpc) is 3.59. The van der Waals surface area contributed by atoms with Gasteiger partial charge in [0.05, 0.1) is 17.8 Å². The van der Waals surface area contributed by atoms with Gasteiger partial charge in [-0.05, 0) is 92.9 Å². The Bertz CT molecular complexity index is 1530. The number of aromatic nitrogens is 1. The van der Waals surface area contributed by atoms with Crippen LogP contribution in [0, 0.1) is 6.92 Å². The zero-order chi connectivity index (χ0) is 31.6. The van der Waals surface area contributed by atoms with E-state index in [-0.39, 0.29) is 36.7 Å². The molecule has 0 saturated carbocycles. The van der Waals surface area contributed by atoms with Crippen LogP contribution in [0.5, 0.6) is 0 Å². The van der Waals surface area contributed by atoms with Gasteiger partial charge in [-0.3, -0.25) is 24.2 Å². The second kappa shape index (κ2) is 13.0. The molecule has 3 aliphatic heterocycles. The van der Waals surface area contributed by atoms with Crippen LogP contribution in [-0.4, -0.2) is 56.7 Å². The number of hydrogen-bond acceptors (Lipinski definition) is 5. The lowest BCUT2D eigenvalue weighted by Crippen LogP contribution is -2.31. The summed E-state index contributed by atoms with van der Waals surface area (Å²) in [4.78, 5) is 56.3. The second-order valence-corrected chi connectivity index (χ2v) is 11.6. The number of nitrogens with zero attached hydrogens (tertiary/aromatic N) is 1. The molecule has 10 nitrogen and oxygen atoms in total. The maximum absolute atomic E-state index is 12.4. The van der Waals surface area contributed by atoms with E-state index in [1.54, 1.807) is 0 Å². The van der Waals surface area contributed by atoms with Gasteiger partial charge in [0.25, 0.3) is 0 Å². The minimum absolute atomic E-state index is 0.0459. The summed E-state index contributed by atoms with van der Waals surface area (Å²) in [6.07, 6.45) is 4.84. The normalized spacial score (nSPS) is 21.3. The number of carboxylic acids is 2. The van der Waals surface area contributed by atoms with E-state index in [1.165, 1.54) is 0 Å². The van der Waals surface area contributed by atoms with Gasteiger partial charge >= 0.3 is 11.9 Å². The molecule has 0 aromatic carbocycles. The fourth-order valence-corrected chi connectivity index (χ4v) is 6.49. The molecule has 5 N–H and O–H groups in total. The summed E-state index contributed by atoms with van der Waals surface area (Å²) < 4.78 is 0. The van der Waals surface area contributed by atoms with Crippen LogP contribution in [0.4, 0.5) is 0 Å². The van der Waals surface area contributed by atoms with Crippen molar-refractivity contribution in [2.24, 2.45) is 4.99 Å². The lowest BCUT2D eigenvalue weighted by atomic mass is 9.95. The number of amides is 2. The Morgan fingerprint density at radius 1 is 0.837 bits per heavy atom. The minimum Gasteiger partial charge on any atom is -0.481 e. The van der Waals surface area contributed by atoms with E-state index >= 15 is 0 Å². The zero-order valence-electron chi connectivity index (χ0n) is 25.9. The molecule has 10 heteroatoms. The first-order chi connectivity index (χ1) is 20.4. The van der Waals surface area contributed by atoms with Gasteiger partial charge in [0.1, 0.15) is 0 Å². The maximum Gasteiger partial charge on any atom is 0.303 e. The van der Waals surface area contributed by atoms with Crippen molar-refractivity contribution in [1.29, 1.82) is 0 Å². The molecule has 0 aliphatic carbocycles. The number of allylic oxidation sites excluding steroid dienone is 2. The Morgan fingerprint density at radius 2 is 1.49 bits per heavy atom. The number of nitrogens with one attached hydrogen (secondary N) is 3. The highest BCUT2D eigenvalue weighted by atomic mass is 16.4. The van der Waals surface area contributed by atoms with Crippen molar-refractivity contribution in [2.75, 3.05) is 0 Å². The molecule has 0 saturated heterocycles. The summed E-state index contributed by atoms with van der Waals surface area (Å²) in [6.45, 7) is 11.7. The van der Waals surface area contributed by atoms with Crippen LogP contribution >= 0.6 is 0 Å². The maximum atomic E-state index is 12.4. The molecule has 1 aromatic heterocycles. The average molecular weight is 591 g/mol. The van der Waals surface area contributed by atoms with Gasteiger partial charge in [-0.15, -0.1) is 0 Å². The van der Waals surface area contributed by atoms with Crippen LogP contribution in [0.2, 0.25) is 0 Å². The van der Waals surface area contributed by atoms with Crippen LogP contribution in [0.1, 0.15) is 95.7 Å². The molecule has 0 radical (unpaired) electrons. The van der Waals surface area contributed by atoms with E-state index < -0.39 is 11.9 Å². The molecule has 0 spiro atoms. The molecule has 230 valence electrons. The highest BCUT2D eigenvalue weighted by Crippen LogP contribution is 2.35. The van der Waals surface area contributed by atoms with Crippen LogP contribution in [0.25, 0.3) is 6.08 Å². The Kier molecular flexibility index (Phi) is 9.57. The number of aromatic amines is 1. The standard InChI is InChI=1S/C33H42N4O6/c1-7-20-19(6)32(42)37-27(20)14-25-18(5)23(10-12-31(40)41)29(35-25)15-28-22(9-11-30(38)39)17(4)24(34-28)13-26-16(3)21(8-2)33(43)36-26/h15,26-27,35H,7-14H2,1-6H3,(H,36,43)(H,37,42)(H,38,39)(H,40,41)/b28-15+. The van der Waals surface area contributed by atoms with Gasteiger partial charge in [0, 0.05) is 53.9 Å². The fourth-order valence-electron chi connectivity index (χ4n) is 6.49. The van der Waals surface area contributed by atoms with Crippen LogP contribution in [0.3, 0.4) is 0 Å². The van der Waals surface area contributed by atoms with Crippen molar-refractivity contribution >= 4 is 35.5 Å². The third-order valence-corrected chi connectivity index (χ3v) is 9.09. The van der Waals surface area contributed by atoms with Crippen molar-refractivity contribution in [3.05, 3.63) is 61.7 Å². The minimum atomic E-state index is -0.906. The van der Waals surface area contributed by atoms with Crippen LogP contribution in [0.15, 0.2) is 44.1 Å². The monoisotopic (exact) mass is 590 g/mol. The summed E-state index contributed by atoms with van der Waals surface area (Å²) >= 11 is 0. The Labute approximate surface area is 252 Å². The smallest absolute Gasteiger partial charge is 0.303 e. The predicted octanol–water partition coefficient (Wildman–Crippen LogP) is 4.70. The first-order valence-corrected chi connectivity index (χ1v) is 15.0. The van der Waals surface area contributed by atoms with Gasteiger partial charge in [-0.1, -0.05) is 13.8 Å². The summed E-state index contributed by atoms with van der Waals surface area (Å²) in [5, 5.41) is 25.0. The molecule has 4 heterocycles. The van der Waals surface area contributed by atoms with Crippen molar-refractivity contribution in [3.63, 3.8) is 0 Å². The molecule has 0 bridgehead atoms. The first-order valence-electron chi connectivity index (χ1n) is 15.0. The van der Waals surface area contributed by atoms with Gasteiger partial charge in [0.15, 0.2) is 0 Å². The molecule has 0 fully saturated rings. The molecular formula is C33H42N4O6. The van der Waals surface area contributed by atoms with Crippen molar-refractivity contribution < 1.29 is 29.4 Å². The van der Waals surface area contributed by atoms with E-state index in [1.807, 2.05) is 47.6 Å². The fraction of sp³-hybridized carbons (Fsp3) is 0.485. The number of rotatable bonds is 13. The number of hydrogen-bond donors (Lipinski definition) is 5. The number of H-pyrrole nitrogens is 1. The SMILES string of the molecule is CCC1=C(C)C(CC2=N/C(=C/c3[nH]c(CC4NC(=O)C(C)=C4CC)c(C)c3CCC(=O)O)C(CCC(=O)O)=C2C)NC1=O. The summed E-state index contributed by atoms with van der Waals surface area (Å²) in [5.41, 5.74) is 10.2. The number of aliphatic carboxylic acids is 2. The highest BCUT2D eigenvalue weighted by molar-refractivity contribution is 6.07. The quantitative estimate of drug-likeness (QED) is 0.224. The molecule has 2 unspecified atom stereocenters. The summed E-state index contributed by atoms with van der Waals surface area (Å²) in [6, 6.07) is -0.314. The number of carboxylic acid groups (broad SMARTS) is 2. The Morgan fingerprint density at radius 3 is 2.09 bits per heavy atom. The van der Waals surface area contributed by atoms with E-state index in [2.05, 4.69) is 15.6 Å². The molecule has 2 atom stereocenters. The number of carbonyl (C=O) groups excluding carboxylic acids is 2. The van der Waals surface area contributed by atoms with Gasteiger partial charge in [0.2, 0.25) is 11.8 Å².